The van der Waals surface area contributed by atoms with E-state index in [1.807, 2.05) is 7.05 Å². The molecule has 0 bridgehead atoms. The van der Waals surface area contributed by atoms with Crippen molar-refractivity contribution in [3.8, 4) is 0 Å². The largest absolute Gasteiger partial charge is 0.348 e. The zero-order valence-corrected chi connectivity index (χ0v) is 12.1. The number of anilines is 1. The molecule has 17 heavy (non-hydrogen) atoms. The lowest BCUT2D eigenvalue weighted by molar-refractivity contribution is 0.279. The number of aromatic nitrogens is 1. The molecule has 0 spiro atoms. The molecule has 0 amide bonds. The van der Waals surface area contributed by atoms with Gasteiger partial charge < -0.3 is 10.2 Å². The third-order valence-corrected chi connectivity index (χ3v) is 4.69. The van der Waals surface area contributed by atoms with E-state index in [0.29, 0.717) is 11.5 Å². The Labute approximate surface area is 108 Å². The number of hydrogen-bond donors (Lipinski definition) is 1. The van der Waals surface area contributed by atoms with Crippen LogP contribution in [0.5, 0.6) is 0 Å². The predicted octanol–water partition coefficient (Wildman–Crippen LogP) is 3.05. The Kier molecular flexibility index (Phi) is 3.73. The van der Waals surface area contributed by atoms with Crippen LogP contribution in [0.1, 0.15) is 45.3 Å². The molecule has 1 saturated heterocycles. The Bertz CT molecular complexity index is 362. The van der Waals surface area contributed by atoms with E-state index in [2.05, 4.69) is 36.4 Å². The van der Waals surface area contributed by atoms with Gasteiger partial charge in [-0.15, -0.1) is 11.3 Å². The smallest absolute Gasteiger partial charge is 0.185 e. The van der Waals surface area contributed by atoms with E-state index < -0.39 is 0 Å². The first-order valence-corrected chi connectivity index (χ1v) is 7.27. The maximum absolute atomic E-state index is 4.73. The van der Waals surface area contributed by atoms with Gasteiger partial charge in [-0.2, -0.15) is 0 Å². The SMILES string of the molecule is CNC(C)c1csc(N2CCC(C)(C)CC2)n1. The minimum absolute atomic E-state index is 0.348. The fourth-order valence-corrected chi connectivity index (χ4v) is 3.04. The second-order valence-corrected chi connectivity index (χ2v) is 6.55. The molecule has 2 heterocycles. The highest BCUT2D eigenvalue weighted by Crippen LogP contribution is 2.33. The van der Waals surface area contributed by atoms with Gasteiger partial charge in [0.25, 0.3) is 0 Å². The molecule has 2 rings (SSSR count). The maximum atomic E-state index is 4.73. The summed E-state index contributed by atoms with van der Waals surface area (Å²) < 4.78 is 0. The summed E-state index contributed by atoms with van der Waals surface area (Å²) in [5, 5.41) is 6.61. The van der Waals surface area contributed by atoms with Crippen LogP contribution in [0.4, 0.5) is 5.13 Å². The van der Waals surface area contributed by atoms with Crippen molar-refractivity contribution in [2.45, 2.75) is 39.7 Å². The average molecular weight is 253 g/mol. The Morgan fingerprint density at radius 1 is 1.41 bits per heavy atom. The first kappa shape index (κ1) is 12.8. The third kappa shape index (κ3) is 2.99. The van der Waals surface area contributed by atoms with E-state index >= 15 is 0 Å². The van der Waals surface area contributed by atoms with Crippen LogP contribution in [0.15, 0.2) is 5.38 Å². The van der Waals surface area contributed by atoms with Gasteiger partial charge in [-0.25, -0.2) is 4.98 Å². The molecule has 1 aromatic rings. The van der Waals surface area contributed by atoms with Crippen LogP contribution in [-0.2, 0) is 0 Å². The van der Waals surface area contributed by atoms with E-state index in [1.54, 1.807) is 11.3 Å². The molecule has 1 unspecified atom stereocenters. The van der Waals surface area contributed by atoms with Gasteiger partial charge in [-0.05, 0) is 32.2 Å². The first-order valence-electron chi connectivity index (χ1n) is 6.39. The third-order valence-electron chi connectivity index (χ3n) is 3.77. The van der Waals surface area contributed by atoms with Gasteiger partial charge in [0.1, 0.15) is 0 Å². The van der Waals surface area contributed by atoms with Crippen molar-refractivity contribution in [3.63, 3.8) is 0 Å². The number of thiazole rings is 1. The molecule has 1 atom stereocenters. The van der Waals surface area contributed by atoms with Crippen LogP contribution in [0.3, 0.4) is 0 Å². The monoisotopic (exact) mass is 253 g/mol. The Morgan fingerprint density at radius 2 is 2.06 bits per heavy atom. The summed E-state index contributed by atoms with van der Waals surface area (Å²) in [5.41, 5.74) is 1.67. The van der Waals surface area contributed by atoms with Crippen LogP contribution in [0.2, 0.25) is 0 Å². The summed E-state index contributed by atoms with van der Waals surface area (Å²) in [6, 6.07) is 0.348. The molecule has 3 nitrogen and oxygen atoms in total. The second-order valence-electron chi connectivity index (χ2n) is 5.72. The fourth-order valence-electron chi connectivity index (χ4n) is 2.07. The molecule has 96 valence electrons. The fraction of sp³-hybridized carbons (Fsp3) is 0.769. The molecular weight excluding hydrogens is 230 g/mol. The predicted molar refractivity (Wildman–Crippen MR) is 74.8 cm³/mol. The normalized spacial score (nSPS) is 21.5. The van der Waals surface area contributed by atoms with E-state index in [9.17, 15) is 0 Å². The van der Waals surface area contributed by atoms with Crippen molar-refractivity contribution in [1.29, 1.82) is 0 Å². The summed E-state index contributed by atoms with van der Waals surface area (Å²) in [6.07, 6.45) is 2.53. The lowest BCUT2D eigenvalue weighted by Gasteiger charge is -2.36. The molecule has 1 aliphatic rings. The first-order chi connectivity index (χ1) is 8.02. The van der Waals surface area contributed by atoms with Crippen LogP contribution in [0.25, 0.3) is 0 Å². The second kappa shape index (κ2) is 4.94. The molecule has 4 heteroatoms. The van der Waals surface area contributed by atoms with E-state index in [-0.39, 0.29) is 0 Å². The van der Waals surface area contributed by atoms with Crippen LogP contribution in [0, 0.1) is 5.41 Å². The van der Waals surface area contributed by atoms with Crippen molar-refractivity contribution < 1.29 is 0 Å². The lowest BCUT2D eigenvalue weighted by Crippen LogP contribution is -2.37. The van der Waals surface area contributed by atoms with Crippen LogP contribution in [-0.4, -0.2) is 25.1 Å². The number of piperidine rings is 1. The zero-order chi connectivity index (χ0) is 12.5. The van der Waals surface area contributed by atoms with Gasteiger partial charge in [0, 0.05) is 24.5 Å². The van der Waals surface area contributed by atoms with E-state index in [1.165, 1.54) is 18.0 Å². The number of rotatable bonds is 3. The molecule has 1 N–H and O–H groups in total. The summed E-state index contributed by atoms with van der Waals surface area (Å²) in [4.78, 5) is 7.17. The summed E-state index contributed by atoms with van der Waals surface area (Å²) in [5.74, 6) is 0. The topological polar surface area (TPSA) is 28.2 Å². The molecule has 1 fully saturated rings. The standard InChI is InChI=1S/C13H23N3S/c1-10(14-4)11-9-17-12(15-11)16-7-5-13(2,3)6-8-16/h9-10,14H,5-8H2,1-4H3. The molecular formula is C13H23N3S. The van der Waals surface area contributed by atoms with E-state index in [0.717, 1.165) is 18.8 Å². The van der Waals surface area contributed by atoms with Gasteiger partial charge in [-0.3, -0.25) is 0 Å². The highest BCUT2D eigenvalue weighted by atomic mass is 32.1. The Balaban J connectivity index is 2.01. The van der Waals surface area contributed by atoms with Crippen LogP contribution < -0.4 is 10.2 Å². The van der Waals surface area contributed by atoms with Crippen molar-refractivity contribution in [3.05, 3.63) is 11.1 Å². The Hall–Kier alpha value is -0.610. The molecule has 0 radical (unpaired) electrons. The minimum Gasteiger partial charge on any atom is -0.348 e. The van der Waals surface area contributed by atoms with Crippen LogP contribution >= 0.6 is 11.3 Å². The summed E-state index contributed by atoms with van der Waals surface area (Å²) in [6.45, 7) is 9.17. The van der Waals surface area contributed by atoms with Gasteiger partial charge in [0.05, 0.1) is 5.69 Å². The van der Waals surface area contributed by atoms with Crippen molar-refractivity contribution in [1.82, 2.24) is 10.3 Å². The molecule has 1 aliphatic heterocycles. The number of hydrogen-bond acceptors (Lipinski definition) is 4. The van der Waals surface area contributed by atoms with E-state index in [4.69, 9.17) is 4.98 Å². The highest BCUT2D eigenvalue weighted by molar-refractivity contribution is 7.13. The summed E-state index contributed by atoms with van der Waals surface area (Å²) >= 11 is 1.77. The van der Waals surface area contributed by atoms with Crippen molar-refractivity contribution >= 4 is 16.5 Å². The summed E-state index contributed by atoms with van der Waals surface area (Å²) in [7, 11) is 1.98. The Morgan fingerprint density at radius 3 is 2.65 bits per heavy atom. The molecule has 0 saturated carbocycles. The van der Waals surface area contributed by atoms with Crippen molar-refractivity contribution in [2.24, 2.45) is 5.41 Å². The maximum Gasteiger partial charge on any atom is 0.185 e. The van der Waals surface area contributed by atoms with Gasteiger partial charge >= 0.3 is 0 Å². The quantitative estimate of drug-likeness (QED) is 0.897. The average Bonchev–Trinajstić information content (AvgIpc) is 2.77. The van der Waals surface area contributed by atoms with Crippen molar-refractivity contribution in [2.75, 3.05) is 25.0 Å². The minimum atomic E-state index is 0.348. The lowest BCUT2D eigenvalue weighted by atomic mass is 9.83. The van der Waals surface area contributed by atoms with Gasteiger partial charge in [0.15, 0.2) is 5.13 Å². The highest BCUT2D eigenvalue weighted by Gasteiger charge is 2.26. The molecule has 0 aliphatic carbocycles. The molecule has 0 aromatic carbocycles. The number of nitrogens with one attached hydrogen (secondary N) is 1. The van der Waals surface area contributed by atoms with Gasteiger partial charge in [-0.1, -0.05) is 13.8 Å². The van der Waals surface area contributed by atoms with Gasteiger partial charge in [0.2, 0.25) is 0 Å². The molecule has 1 aromatic heterocycles. The number of nitrogens with zero attached hydrogens (tertiary/aromatic N) is 2. The zero-order valence-electron chi connectivity index (χ0n) is 11.3.